The lowest BCUT2D eigenvalue weighted by molar-refractivity contribution is 0.0961. The Labute approximate surface area is 180 Å². The molecule has 0 saturated heterocycles. The van der Waals surface area contributed by atoms with Crippen molar-refractivity contribution in [2.24, 2.45) is 0 Å². The molecule has 0 heterocycles. The highest BCUT2D eigenvalue weighted by atomic mass is 32.2. The molecule has 0 atom stereocenters. The van der Waals surface area contributed by atoms with Gasteiger partial charge in [-0.15, -0.1) is 0 Å². The smallest absolute Gasteiger partial charge is 0.261 e. The van der Waals surface area contributed by atoms with Gasteiger partial charge in [-0.25, -0.2) is 8.42 Å². The molecule has 0 spiro atoms. The lowest BCUT2D eigenvalue weighted by atomic mass is 10.1. The number of hydrogen-bond donors (Lipinski definition) is 3. The molecule has 160 valence electrons. The van der Waals surface area contributed by atoms with Gasteiger partial charge in [0.1, 0.15) is 5.75 Å². The van der Waals surface area contributed by atoms with Crippen molar-refractivity contribution in [3.63, 3.8) is 0 Å². The largest absolute Gasteiger partial charge is 0.497 e. The molecule has 0 fully saturated rings. The number of hydrogen-bond acceptors (Lipinski definition) is 5. The molecule has 31 heavy (non-hydrogen) atoms. The number of ether oxygens (including phenoxy) is 1. The van der Waals surface area contributed by atoms with Crippen molar-refractivity contribution < 1.29 is 22.7 Å². The lowest BCUT2D eigenvalue weighted by Crippen LogP contribution is -2.18. The first kappa shape index (κ1) is 21.8. The van der Waals surface area contributed by atoms with Crippen LogP contribution in [0.25, 0.3) is 0 Å². The molecule has 0 bridgehead atoms. The van der Waals surface area contributed by atoms with Crippen molar-refractivity contribution in [1.82, 2.24) is 5.32 Å². The predicted octanol–water partition coefficient (Wildman–Crippen LogP) is 3.11. The summed E-state index contributed by atoms with van der Waals surface area (Å²) in [5.41, 5.74) is 1.32. The number of nitrogens with one attached hydrogen (secondary N) is 3. The SMILES string of the molecule is CNC(=O)c1cccc(NC(=O)c2cccc(S(=O)(=O)Nc3ccc(OC)cc3)c2)c1. The lowest BCUT2D eigenvalue weighted by Gasteiger charge is -2.11. The minimum atomic E-state index is -3.91. The Morgan fingerprint density at radius 1 is 0.806 bits per heavy atom. The Balaban J connectivity index is 1.78. The third-order valence-electron chi connectivity index (χ3n) is 4.36. The molecule has 3 aromatic carbocycles. The minimum Gasteiger partial charge on any atom is -0.497 e. The Hall–Kier alpha value is -3.85. The van der Waals surface area contributed by atoms with Crippen LogP contribution in [0.15, 0.2) is 77.7 Å². The maximum Gasteiger partial charge on any atom is 0.261 e. The third-order valence-corrected chi connectivity index (χ3v) is 5.74. The number of anilines is 2. The van der Waals surface area contributed by atoms with Crippen LogP contribution in [-0.2, 0) is 10.0 Å². The van der Waals surface area contributed by atoms with Gasteiger partial charge >= 0.3 is 0 Å². The number of carbonyl (C=O) groups excluding carboxylic acids is 2. The van der Waals surface area contributed by atoms with Crippen LogP contribution in [0.3, 0.4) is 0 Å². The van der Waals surface area contributed by atoms with E-state index in [2.05, 4.69) is 15.4 Å². The highest BCUT2D eigenvalue weighted by Crippen LogP contribution is 2.20. The second kappa shape index (κ2) is 9.31. The van der Waals surface area contributed by atoms with Gasteiger partial charge in [0.25, 0.3) is 21.8 Å². The number of sulfonamides is 1. The predicted molar refractivity (Wildman–Crippen MR) is 118 cm³/mol. The van der Waals surface area contributed by atoms with E-state index in [0.717, 1.165) is 0 Å². The second-order valence-corrected chi connectivity index (χ2v) is 8.16. The summed E-state index contributed by atoms with van der Waals surface area (Å²) in [6.45, 7) is 0. The topological polar surface area (TPSA) is 114 Å². The number of carbonyl (C=O) groups is 2. The molecule has 0 aliphatic heterocycles. The van der Waals surface area contributed by atoms with Crippen molar-refractivity contribution in [3.05, 3.63) is 83.9 Å². The molecule has 0 aromatic heterocycles. The fraction of sp³-hybridized carbons (Fsp3) is 0.0909. The molecule has 2 amide bonds. The van der Waals surface area contributed by atoms with Crippen LogP contribution in [0.1, 0.15) is 20.7 Å². The van der Waals surface area contributed by atoms with Crippen LogP contribution in [-0.4, -0.2) is 34.4 Å². The van der Waals surface area contributed by atoms with Gasteiger partial charge in [0.15, 0.2) is 0 Å². The van der Waals surface area contributed by atoms with Crippen molar-refractivity contribution in [3.8, 4) is 5.75 Å². The summed E-state index contributed by atoms with van der Waals surface area (Å²) in [5.74, 6) is -0.188. The van der Waals surface area contributed by atoms with E-state index >= 15 is 0 Å². The molecule has 3 aromatic rings. The van der Waals surface area contributed by atoms with E-state index in [1.54, 1.807) is 42.5 Å². The molecule has 0 aliphatic rings. The van der Waals surface area contributed by atoms with Crippen molar-refractivity contribution in [2.45, 2.75) is 4.90 Å². The van der Waals surface area contributed by atoms with Gasteiger partial charge in [0, 0.05) is 29.5 Å². The third kappa shape index (κ3) is 5.40. The Morgan fingerprint density at radius 2 is 1.45 bits per heavy atom. The zero-order valence-electron chi connectivity index (χ0n) is 16.9. The molecular formula is C22H21N3O5S. The van der Waals surface area contributed by atoms with Crippen LogP contribution in [0.4, 0.5) is 11.4 Å². The van der Waals surface area contributed by atoms with Gasteiger partial charge in [-0.3, -0.25) is 14.3 Å². The Bertz CT molecular complexity index is 1210. The number of benzene rings is 3. The van der Waals surface area contributed by atoms with Gasteiger partial charge in [-0.05, 0) is 60.7 Å². The monoisotopic (exact) mass is 439 g/mol. The van der Waals surface area contributed by atoms with Gasteiger partial charge < -0.3 is 15.4 Å². The van der Waals surface area contributed by atoms with E-state index in [4.69, 9.17) is 4.74 Å². The normalized spacial score (nSPS) is 10.8. The highest BCUT2D eigenvalue weighted by Gasteiger charge is 2.17. The highest BCUT2D eigenvalue weighted by molar-refractivity contribution is 7.92. The fourth-order valence-corrected chi connectivity index (χ4v) is 3.87. The summed E-state index contributed by atoms with van der Waals surface area (Å²) in [7, 11) is -0.875. The summed E-state index contributed by atoms with van der Waals surface area (Å²) in [6, 6.07) is 18.5. The van der Waals surface area contributed by atoms with Gasteiger partial charge in [0.05, 0.1) is 12.0 Å². The second-order valence-electron chi connectivity index (χ2n) is 6.48. The summed E-state index contributed by atoms with van der Waals surface area (Å²) in [6.07, 6.45) is 0. The van der Waals surface area contributed by atoms with E-state index in [-0.39, 0.29) is 16.4 Å². The standard InChI is InChI=1S/C22H21N3O5S/c1-23-21(26)15-5-3-7-18(13-15)24-22(27)16-6-4-8-20(14-16)31(28,29)25-17-9-11-19(30-2)12-10-17/h3-14,25H,1-2H3,(H,23,26)(H,24,27). The van der Waals surface area contributed by atoms with Crippen LogP contribution in [0, 0.1) is 0 Å². The van der Waals surface area contributed by atoms with E-state index in [1.165, 1.54) is 44.5 Å². The summed E-state index contributed by atoms with van der Waals surface area (Å²) >= 11 is 0. The minimum absolute atomic E-state index is 0.0601. The molecule has 0 saturated carbocycles. The molecule has 8 nitrogen and oxygen atoms in total. The summed E-state index contributed by atoms with van der Waals surface area (Å²) < 4.78 is 33.0. The van der Waals surface area contributed by atoms with Crippen LogP contribution >= 0.6 is 0 Å². The first-order valence-electron chi connectivity index (χ1n) is 9.23. The van der Waals surface area contributed by atoms with Crippen molar-refractivity contribution >= 4 is 33.2 Å². The number of methoxy groups -OCH3 is 1. The molecule has 0 aliphatic carbocycles. The summed E-state index contributed by atoms with van der Waals surface area (Å²) in [4.78, 5) is 24.3. The number of amides is 2. The summed E-state index contributed by atoms with van der Waals surface area (Å²) in [5, 5.41) is 5.18. The van der Waals surface area contributed by atoms with Gasteiger partial charge in [-0.2, -0.15) is 0 Å². The van der Waals surface area contributed by atoms with E-state index < -0.39 is 15.9 Å². The molecule has 9 heteroatoms. The number of rotatable bonds is 7. The van der Waals surface area contributed by atoms with Crippen LogP contribution in [0.2, 0.25) is 0 Å². The molecule has 0 radical (unpaired) electrons. The van der Waals surface area contributed by atoms with Crippen molar-refractivity contribution in [2.75, 3.05) is 24.2 Å². The maximum absolute atomic E-state index is 12.7. The van der Waals surface area contributed by atoms with E-state index in [0.29, 0.717) is 22.7 Å². The molecule has 0 unspecified atom stereocenters. The quantitative estimate of drug-likeness (QED) is 0.524. The average Bonchev–Trinajstić information content (AvgIpc) is 2.79. The van der Waals surface area contributed by atoms with Gasteiger partial charge in [0.2, 0.25) is 0 Å². The Morgan fingerprint density at radius 3 is 2.10 bits per heavy atom. The first-order chi connectivity index (χ1) is 14.8. The van der Waals surface area contributed by atoms with Gasteiger partial charge in [-0.1, -0.05) is 12.1 Å². The van der Waals surface area contributed by atoms with Crippen molar-refractivity contribution in [1.29, 1.82) is 0 Å². The average molecular weight is 439 g/mol. The first-order valence-corrected chi connectivity index (χ1v) is 10.7. The zero-order chi connectivity index (χ0) is 22.4. The maximum atomic E-state index is 12.7. The van der Waals surface area contributed by atoms with E-state index in [1.807, 2.05) is 0 Å². The van der Waals surface area contributed by atoms with Crippen LogP contribution < -0.4 is 20.1 Å². The molecule has 3 N–H and O–H groups in total. The van der Waals surface area contributed by atoms with Crippen LogP contribution in [0.5, 0.6) is 5.75 Å². The molecule has 3 rings (SSSR count). The molecular weight excluding hydrogens is 418 g/mol. The van der Waals surface area contributed by atoms with E-state index in [9.17, 15) is 18.0 Å². The Kier molecular flexibility index (Phi) is 6.56. The fourth-order valence-electron chi connectivity index (χ4n) is 2.76. The zero-order valence-corrected chi connectivity index (χ0v) is 17.7.